The zero-order valence-corrected chi connectivity index (χ0v) is 12.0. The molecule has 0 aromatic heterocycles. The third-order valence-corrected chi connectivity index (χ3v) is 3.55. The fourth-order valence-corrected chi connectivity index (χ4v) is 2.43. The lowest BCUT2D eigenvalue weighted by molar-refractivity contribution is 0.341. The summed E-state index contributed by atoms with van der Waals surface area (Å²) in [4.78, 5) is 0. The number of rotatable bonds is 3. The van der Waals surface area contributed by atoms with E-state index in [4.69, 9.17) is 16.3 Å². The Morgan fingerprint density at radius 2 is 1.45 bits per heavy atom. The maximum Gasteiger partial charge on any atom is 0.119 e. The van der Waals surface area contributed by atoms with Gasteiger partial charge in [0.25, 0.3) is 0 Å². The van der Waals surface area contributed by atoms with Crippen molar-refractivity contribution in [3.05, 3.63) is 65.7 Å². The molecule has 3 aromatic rings. The lowest BCUT2D eigenvalue weighted by Gasteiger charge is -2.07. The topological polar surface area (TPSA) is 9.23 Å². The number of ether oxygens (including phenoxy) is 1. The first kappa shape index (κ1) is 13.0. The van der Waals surface area contributed by atoms with Crippen molar-refractivity contribution in [1.29, 1.82) is 0 Å². The predicted molar refractivity (Wildman–Crippen MR) is 85.6 cm³/mol. The van der Waals surface area contributed by atoms with Crippen LogP contribution in [0.2, 0.25) is 5.02 Å². The van der Waals surface area contributed by atoms with Gasteiger partial charge in [0, 0.05) is 5.02 Å². The van der Waals surface area contributed by atoms with Gasteiger partial charge in [0.2, 0.25) is 0 Å². The van der Waals surface area contributed by atoms with Crippen molar-refractivity contribution in [3.63, 3.8) is 0 Å². The Hall–Kier alpha value is -1.99. The maximum absolute atomic E-state index is 5.93. The smallest absolute Gasteiger partial charge is 0.119 e. The van der Waals surface area contributed by atoms with E-state index in [0.29, 0.717) is 6.61 Å². The molecule has 0 fully saturated rings. The molecule has 0 bridgehead atoms. The minimum Gasteiger partial charge on any atom is -0.494 e. The van der Waals surface area contributed by atoms with Crippen LogP contribution >= 0.6 is 11.6 Å². The van der Waals surface area contributed by atoms with E-state index in [1.807, 2.05) is 37.3 Å². The van der Waals surface area contributed by atoms with Crippen molar-refractivity contribution in [1.82, 2.24) is 0 Å². The van der Waals surface area contributed by atoms with Gasteiger partial charge in [0.15, 0.2) is 0 Å². The van der Waals surface area contributed by atoms with Crippen molar-refractivity contribution in [2.75, 3.05) is 6.61 Å². The Balaban J connectivity index is 2.02. The van der Waals surface area contributed by atoms with Crippen LogP contribution in [0.3, 0.4) is 0 Å². The Bertz CT molecular complexity index is 732. The van der Waals surface area contributed by atoms with E-state index in [9.17, 15) is 0 Å². The molecule has 0 aliphatic carbocycles. The van der Waals surface area contributed by atoms with Crippen LogP contribution in [0.15, 0.2) is 60.7 Å². The SMILES string of the molecule is CCOc1ccc2cc(-c3ccc(Cl)cc3)ccc2c1. The van der Waals surface area contributed by atoms with E-state index in [0.717, 1.165) is 10.8 Å². The summed E-state index contributed by atoms with van der Waals surface area (Å²) in [6, 6.07) is 20.5. The van der Waals surface area contributed by atoms with Crippen LogP contribution in [0.5, 0.6) is 5.75 Å². The molecule has 0 spiro atoms. The van der Waals surface area contributed by atoms with Gasteiger partial charge in [-0.1, -0.05) is 41.9 Å². The number of hydrogen-bond acceptors (Lipinski definition) is 1. The molecule has 1 nitrogen and oxygen atoms in total. The second kappa shape index (κ2) is 5.56. The summed E-state index contributed by atoms with van der Waals surface area (Å²) in [5, 5.41) is 3.16. The molecule has 0 unspecified atom stereocenters. The highest BCUT2D eigenvalue weighted by Crippen LogP contribution is 2.27. The largest absolute Gasteiger partial charge is 0.494 e. The van der Waals surface area contributed by atoms with E-state index in [1.165, 1.54) is 21.9 Å². The molecule has 0 aliphatic rings. The van der Waals surface area contributed by atoms with E-state index < -0.39 is 0 Å². The molecule has 0 heterocycles. The van der Waals surface area contributed by atoms with Gasteiger partial charge in [-0.2, -0.15) is 0 Å². The van der Waals surface area contributed by atoms with Gasteiger partial charge in [-0.25, -0.2) is 0 Å². The Morgan fingerprint density at radius 1 is 0.800 bits per heavy atom. The molecule has 3 aromatic carbocycles. The molecule has 0 radical (unpaired) electrons. The zero-order valence-electron chi connectivity index (χ0n) is 11.3. The highest BCUT2D eigenvalue weighted by Gasteiger charge is 2.01. The van der Waals surface area contributed by atoms with Crippen molar-refractivity contribution in [2.24, 2.45) is 0 Å². The van der Waals surface area contributed by atoms with Gasteiger partial charge in [0.1, 0.15) is 5.75 Å². The van der Waals surface area contributed by atoms with E-state index in [-0.39, 0.29) is 0 Å². The molecule has 0 saturated heterocycles. The van der Waals surface area contributed by atoms with Crippen LogP contribution in [-0.2, 0) is 0 Å². The van der Waals surface area contributed by atoms with E-state index in [1.54, 1.807) is 0 Å². The first-order chi connectivity index (χ1) is 9.76. The van der Waals surface area contributed by atoms with Crippen LogP contribution in [-0.4, -0.2) is 6.61 Å². The molecular formula is C18H15ClO. The van der Waals surface area contributed by atoms with Gasteiger partial charge in [-0.15, -0.1) is 0 Å². The normalized spacial score (nSPS) is 10.7. The highest BCUT2D eigenvalue weighted by molar-refractivity contribution is 6.30. The van der Waals surface area contributed by atoms with Gasteiger partial charge in [-0.3, -0.25) is 0 Å². The fourth-order valence-electron chi connectivity index (χ4n) is 2.30. The summed E-state index contributed by atoms with van der Waals surface area (Å²) in [6.45, 7) is 2.68. The third kappa shape index (κ3) is 2.63. The summed E-state index contributed by atoms with van der Waals surface area (Å²) in [6.07, 6.45) is 0. The second-order valence-electron chi connectivity index (χ2n) is 4.66. The van der Waals surface area contributed by atoms with Crippen molar-refractivity contribution >= 4 is 22.4 Å². The zero-order chi connectivity index (χ0) is 13.9. The lowest BCUT2D eigenvalue weighted by Crippen LogP contribution is -1.90. The van der Waals surface area contributed by atoms with Gasteiger partial charge < -0.3 is 4.74 Å². The fraction of sp³-hybridized carbons (Fsp3) is 0.111. The van der Waals surface area contributed by atoms with Crippen LogP contribution in [0.1, 0.15) is 6.92 Å². The van der Waals surface area contributed by atoms with Crippen molar-refractivity contribution < 1.29 is 4.74 Å². The third-order valence-electron chi connectivity index (χ3n) is 3.30. The number of benzene rings is 3. The number of halogens is 1. The minimum absolute atomic E-state index is 0.689. The number of hydrogen-bond donors (Lipinski definition) is 0. The quantitative estimate of drug-likeness (QED) is 0.611. The summed E-state index contributed by atoms with van der Waals surface area (Å²) in [7, 11) is 0. The molecule has 3 rings (SSSR count). The van der Waals surface area contributed by atoms with Crippen LogP contribution in [0.4, 0.5) is 0 Å². The Morgan fingerprint density at radius 3 is 2.20 bits per heavy atom. The second-order valence-corrected chi connectivity index (χ2v) is 5.10. The molecule has 0 atom stereocenters. The van der Waals surface area contributed by atoms with E-state index in [2.05, 4.69) is 30.3 Å². The molecule has 20 heavy (non-hydrogen) atoms. The standard InChI is InChI=1S/C18H15ClO/c1-2-20-18-10-7-15-11-14(3-4-16(15)12-18)13-5-8-17(19)9-6-13/h3-12H,2H2,1H3. The summed E-state index contributed by atoms with van der Waals surface area (Å²) >= 11 is 5.93. The summed E-state index contributed by atoms with van der Waals surface area (Å²) < 4.78 is 5.53. The van der Waals surface area contributed by atoms with Crippen LogP contribution < -0.4 is 4.74 Å². The molecule has 0 saturated carbocycles. The Labute approximate surface area is 123 Å². The summed E-state index contributed by atoms with van der Waals surface area (Å²) in [5.74, 6) is 0.916. The summed E-state index contributed by atoms with van der Waals surface area (Å²) in [5.41, 5.74) is 2.36. The van der Waals surface area contributed by atoms with Gasteiger partial charge in [-0.05, 0) is 59.2 Å². The van der Waals surface area contributed by atoms with Crippen LogP contribution in [0.25, 0.3) is 21.9 Å². The molecule has 0 N–H and O–H groups in total. The Kier molecular flexibility index (Phi) is 3.62. The predicted octanol–water partition coefficient (Wildman–Crippen LogP) is 5.56. The first-order valence-electron chi connectivity index (χ1n) is 6.69. The molecule has 0 aliphatic heterocycles. The first-order valence-corrected chi connectivity index (χ1v) is 7.06. The number of fused-ring (bicyclic) bond motifs is 1. The molecular weight excluding hydrogens is 268 g/mol. The van der Waals surface area contributed by atoms with Gasteiger partial charge in [0.05, 0.1) is 6.61 Å². The molecule has 2 heteroatoms. The maximum atomic E-state index is 5.93. The monoisotopic (exact) mass is 282 g/mol. The van der Waals surface area contributed by atoms with Crippen LogP contribution in [0, 0.1) is 0 Å². The molecule has 0 amide bonds. The van der Waals surface area contributed by atoms with Crippen molar-refractivity contribution in [3.8, 4) is 16.9 Å². The van der Waals surface area contributed by atoms with E-state index >= 15 is 0 Å². The average Bonchev–Trinajstić information content (AvgIpc) is 2.48. The minimum atomic E-state index is 0.689. The average molecular weight is 283 g/mol. The highest BCUT2D eigenvalue weighted by atomic mass is 35.5. The van der Waals surface area contributed by atoms with Gasteiger partial charge >= 0.3 is 0 Å². The lowest BCUT2D eigenvalue weighted by atomic mass is 10.0. The molecule has 100 valence electrons. The van der Waals surface area contributed by atoms with Crippen molar-refractivity contribution in [2.45, 2.75) is 6.92 Å².